The summed E-state index contributed by atoms with van der Waals surface area (Å²) in [6.45, 7) is 0.548. The molecular formula is C11H14ClF2N3O3S. The highest BCUT2D eigenvalue weighted by Gasteiger charge is 2.27. The van der Waals surface area contributed by atoms with Crippen molar-refractivity contribution >= 4 is 21.6 Å². The molecule has 2 N–H and O–H groups in total. The molecule has 0 amide bonds. The van der Waals surface area contributed by atoms with Gasteiger partial charge in [-0.05, 0) is 12.5 Å². The van der Waals surface area contributed by atoms with Crippen LogP contribution in [-0.2, 0) is 10.0 Å². The summed E-state index contributed by atoms with van der Waals surface area (Å²) in [7, 11) is -3.89. The van der Waals surface area contributed by atoms with Crippen LogP contribution in [0, 0.1) is 0 Å². The van der Waals surface area contributed by atoms with E-state index >= 15 is 0 Å². The molecule has 1 atom stereocenters. The van der Waals surface area contributed by atoms with Crippen molar-refractivity contribution in [3.05, 3.63) is 17.3 Å². The van der Waals surface area contributed by atoms with E-state index in [1.165, 1.54) is 0 Å². The number of primary sulfonamides is 1. The molecule has 1 unspecified atom stereocenters. The van der Waals surface area contributed by atoms with Crippen LogP contribution in [-0.4, -0.2) is 50.5 Å². The molecule has 2 heterocycles. The zero-order valence-corrected chi connectivity index (χ0v) is 12.4. The van der Waals surface area contributed by atoms with Crippen LogP contribution in [0.4, 0.5) is 8.78 Å². The summed E-state index contributed by atoms with van der Waals surface area (Å²) in [6.07, 6.45) is -1.09. The Bertz CT molecular complexity index is 615. The number of sulfonamides is 1. The van der Waals surface area contributed by atoms with Crippen LogP contribution in [0.3, 0.4) is 0 Å². The van der Waals surface area contributed by atoms with E-state index in [4.69, 9.17) is 21.5 Å². The highest BCUT2D eigenvalue weighted by molar-refractivity contribution is 7.89. The largest absolute Gasteiger partial charge is 0.472 e. The minimum Gasteiger partial charge on any atom is -0.472 e. The zero-order chi connectivity index (χ0) is 15.6. The Morgan fingerprint density at radius 3 is 2.86 bits per heavy atom. The van der Waals surface area contributed by atoms with Crippen molar-refractivity contribution in [2.24, 2.45) is 5.14 Å². The predicted molar refractivity (Wildman–Crippen MR) is 72.1 cm³/mol. The van der Waals surface area contributed by atoms with E-state index in [1.54, 1.807) is 4.90 Å². The normalized spacial score (nSPS) is 20.1. The van der Waals surface area contributed by atoms with E-state index in [1.807, 2.05) is 0 Å². The van der Waals surface area contributed by atoms with Gasteiger partial charge in [0.25, 0.3) is 6.43 Å². The summed E-state index contributed by atoms with van der Waals surface area (Å²) in [4.78, 5) is 5.18. The van der Waals surface area contributed by atoms with Gasteiger partial charge in [-0.15, -0.1) is 0 Å². The van der Waals surface area contributed by atoms with Crippen LogP contribution in [0.15, 0.2) is 17.2 Å². The highest BCUT2D eigenvalue weighted by Crippen LogP contribution is 2.26. The van der Waals surface area contributed by atoms with Crippen LogP contribution in [0.25, 0.3) is 0 Å². The van der Waals surface area contributed by atoms with E-state index in [2.05, 4.69) is 4.98 Å². The fourth-order valence-electron chi connectivity index (χ4n) is 2.06. The lowest BCUT2D eigenvalue weighted by Gasteiger charge is -2.16. The standard InChI is InChI=1S/C11H14ClF2N3O3S/c12-9-3-8(21(15,18)19)4-16-11(9)20-7-1-2-17(5-7)6-10(13)14/h3-4,7,10H,1-2,5-6H2,(H2,15,18,19). The summed E-state index contributed by atoms with van der Waals surface area (Å²) >= 11 is 5.89. The second-order valence-electron chi connectivity index (χ2n) is 4.68. The van der Waals surface area contributed by atoms with Gasteiger partial charge in [-0.25, -0.2) is 27.3 Å². The molecule has 1 aliphatic heterocycles. The minimum atomic E-state index is -3.89. The van der Waals surface area contributed by atoms with Crippen molar-refractivity contribution in [1.29, 1.82) is 0 Å². The first-order chi connectivity index (χ1) is 9.75. The molecule has 0 bridgehead atoms. The van der Waals surface area contributed by atoms with Crippen LogP contribution < -0.4 is 9.88 Å². The van der Waals surface area contributed by atoms with Crippen LogP contribution in [0.5, 0.6) is 5.88 Å². The number of ether oxygens (including phenoxy) is 1. The number of alkyl halides is 2. The molecule has 0 aliphatic carbocycles. The van der Waals surface area contributed by atoms with Gasteiger partial charge in [0.2, 0.25) is 15.9 Å². The van der Waals surface area contributed by atoms with E-state index in [0.29, 0.717) is 19.5 Å². The van der Waals surface area contributed by atoms with Gasteiger partial charge in [-0.2, -0.15) is 0 Å². The van der Waals surface area contributed by atoms with E-state index in [0.717, 1.165) is 12.3 Å². The Balaban J connectivity index is 2.01. The van der Waals surface area contributed by atoms with Crippen molar-refractivity contribution in [1.82, 2.24) is 9.88 Å². The van der Waals surface area contributed by atoms with Crippen LogP contribution in [0.1, 0.15) is 6.42 Å². The summed E-state index contributed by atoms with van der Waals surface area (Å²) < 4.78 is 52.4. The number of hydrogen-bond donors (Lipinski definition) is 1. The summed E-state index contributed by atoms with van der Waals surface area (Å²) in [5.41, 5.74) is 0. The van der Waals surface area contributed by atoms with Gasteiger partial charge in [-0.1, -0.05) is 11.6 Å². The highest BCUT2D eigenvalue weighted by atomic mass is 35.5. The van der Waals surface area contributed by atoms with Crippen molar-refractivity contribution in [3.63, 3.8) is 0 Å². The number of nitrogens with zero attached hydrogens (tertiary/aromatic N) is 2. The zero-order valence-electron chi connectivity index (χ0n) is 10.9. The number of rotatable bonds is 5. The molecule has 1 aliphatic rings. The molecule has 6 nitrogen and oxygen atoms in total. The van der Waals surface area contributed by atoms with Crippen molar-refractivity contribution in [2.75, 3.05) is 19.6 Å². The quantitative estimate of drug-likeness (QED) is 0.866. The maximum Gasteiger partial charge on any atom is 0.251 e. The van der Waals surface area contributed by atoms with Crippen LogP contribution >= 0.6 is 11.6 Å². The van der Waals surface area contributed by atoms with Gasteiger partial charge >= 0.3 is 0 Å². The summed E-state index contributed by atoms with van der Waals surface area (Å²) in [6, 6.07) is 1.14. The topological polar surface area (TPSA) is 85.5 Å². The first-order valence-electron chi connectivity index (χ1n) is 6.11. The Hall–Kier alpha value is -1.03. The number of nitrogens with two attached hydrogens (primary N) is 1. The number of aromatic nitrogens is 1. The van der Waals surface area contributed by atoms with Gasteiger partial charge in [0, 0.05) is 13.1 Å². The van der Waals surface area contributed by atoms with Crippen molar-refractivity contribution in [3.8, 4) is 5.88 Å². The lowest BCUT2D eigenvalue weighted by molar-refractivity contribution is 0.0927. The maximum absolute atomic E-state index is 12.3. The first kappa shape index (κ1) is 16.3. The smallest absolute Gasteiger partial charge is 0.251 e. The van der Waals surface area contributed by atoms with Gasteiger partial charge in [0.15, 0.2) is 0 Å². The Morgan fingerprint density at radius 1 is 1.57 bits per heavy atom. The molecule has 0 radical (unpaired) electrons. The molecule has 0 spiro atoms. The van der Waals surface area contributed by atoms with Crippen molar-refractivity contribution in [2.45, 2.75) is 23.8 Å². The van der Waals surface area contributed by atoms with Crippen LogP contribution in [0.2, 0.25) is 5.02 Å². The number of likely N-dealkylation sites (tertiary alicyclic amines) is 1. The minimum absolute atomic E-state index is 0.00818. The van der Waals surface area contributed by atoms with Gasteiger partial charge in [0.1, 0.15) is 16.0 Å². The van der Waals surface area contributed by atoms with Crippen molar-refractivity contribution < 1.29 is 21.9 Å². The fourth-order valence-corrected chi connectivity index (χ4v) is 2.82. The van der Waals surface area contributed by atoms with Gasteiger partial charge < -0.3 is 4.74 Å². The molecule has 10 heteroatoms. The average molecular weight is 342 g/mol. The number of pyridine rings is 1. The first-order valence-corrected chi connectivity index (χ1v) is 8.03. The molecule has 0 saturated carbocycles. The predicted octanol–water partition coefficient (Wildman–Crippen LogP) is 1.10. The molecule has 1 aromatic heterocycles. The third kappa shape index (κ3) is 4.47. The Labute approximate surface area is 125 Å². The van der Waals surface area contributed by atoms with Gasteiger partial charge in [0.05, 0.1) is 12.7 Å². The summed E-state index contributed by atoms with van der Waals surface area (Å²) in [5, 5.41) is 4.97. The Kier molecular flexibility index (Phi) is 4.97. The molecule has 118 valence electrons. The Morgan fingerprint density at radius 2 is 2.29 bits per heavy atom. The molecular weight excluding hydrogens is 328 g/mol. The maximum atomic E-state index is 12.3. The van der Waals surface area contributed by atoms with E-state index in [9.17, 15) is 17.2 Å². The molecule has 1 fully saturated rings. The molecule has 1 aromatic rings. The summed E-state index contributed by atoms with van der Waals surface area (Å²) in [5.74, 6) is 0.0629. The second kappa shape index (κ2) is 6.39. The molecule has 21 heavy (non-hydrogen) atoms. The number of halogens is 3. The van der Waals surface area contributed by atoms with E-state index < -0.39 is 16.4 Å². The second-order valence-corrected chi connectivity index (χ2v) is 6.65. The third-order valence-electron chi connectivity index (χ3n) is 3.01. The molecule has 1 saturated heterocycles. The lowest BCUT2D eigenvalue weighted by atomic mass is 10.3. The SMILES string of the molecule is NS(=O)(=O)c1cnc(OC2CCN(CC(F)F)C2)c(Cl)c1. The van der Waals surface area contributed by atoms with Gasteiger partial charge in [-0.3, -0.25) is 4.90 Å². The van der Waals surface area contributed by atoms with E-state index in [-0.39, 0.29) is 28.4 Å². The molecule has 0 aromatic carbocycles. The molecule has 2 rings (SSSR count). The third-order valence-corrected chi connectivity index (χ3v) is 4.17. The average Bonchev–Trinajstić information content (AvgIpc) is 2.77. The monoisotopic (exact) mass is 341 g/mol. The fraction of sp³-hybridized carbons (Fsp3) is 0.545. The number of hydrogen-bond acceptors (Lipinski definition) is 5. The lowest BCUT2D eigenvalue weighted by Crippen LogP contribution is -2.29.